The molecule has 0 aromatic heterocycles. The Morgan fingerprint density at radius 3 is 1.64 bits per heavy atom. The number of carbonyl (C=O) groups is 2. The molecule has 0 aliphatic heterocycles. The second-order valence-electron chi connectivity index (χ2n) is 1.80. The predicted molar refractivity (Wildman–Crippen MR) is 43.7 cm³/mol. The molecule has 0 bridgehead atoms. The summed E-state index contributed by atoms with van der Waals surface area (Å²) < 4.78 is 0. The van der Waals surface area contributed by atoms with Crippen LogP contribution in [0.5, 0.6) is 0 Å². The third kappa shape index (κ3) is 17.6. The molecule has 0 aromatic carbocycles. The number of primary amides is 1. The highest BCUT2D eigenvalue weighted by molar-refractivity contribution is 6.20. The van der Waals surface area contributed by atoms with Crippen LogP contribution in [-0.4, -0.2) is 11.8 Å². The van der Waals surface area contributed by atoms with E-state index in [1.165, 1.54) is 6.92 Å². The van der Waals surface area contributed by atoms with Gasteiger partial charge in [0.25, 0.3) is 0 Å². The molecular formula is C6H11ClN2O2. The van der Waals surface area contributed by atoms with Crippen LogP contribution < -0.4 is 10.6 Å². The fourth-order valence-electron chi connectivity index (χ4n) is 0. The fraction of sp³-hybridized carbons (Fsp3) is 0.333. The molecule has 0 aromatic rings. The Bertz CT molecular complexity index is 156. The molecule has 0 radical (unpaired) electrons. The van der Waals surface area contributed by atoms with Crippen molar-refractivity contribution in [3.8, 4) is 0 Å². The van der Waals surface area contributed by atoms with Crippen molar-refractivity contribution in [2.75, 3.05) is 0 Å². The first kappa shape index (κ1) is 12.6. The van der Waals surface area contributed by atoms with Crippen molar-refractivity contribution >= 4 is 23.6 Å². The van der Waals surface area contributed by atoms with Gasteiger partial charge in [-0.25, -0.2) is 0 Å². The number of nitrogens with one attached hydrogen (secondary N) is 1. The van der Waals surface area contributed by atoms with E-state index < -0.39 is 5.91 Å². The van der Waals surface area contributed by atoms with E-state index in [9.17, 15) is 9.59 Å². The van der Waals surface area contributed by atoms with E-state index in [2.05, 4.69) is 6.58 Å². The number of amides is 2. The summed E-state index contributed by atoms with van der Waals surface area (Å²) in [6.45, 7) is 6.19. The van der Waals surface area contributed by atoms with Gasteiger partial charge in [0.15, 0.2) is 0 Å². The Labute approximate surface area is 70.5 Å². The molecule has 2 amide bonds. The van der Waals surface area contributed by atoms with E-state index in [1.807, 2.05) is 4.84 Å². The zero-order chi connectivity index (χ0) is 9.44. The smallest absolute Gasteiger partial charge is 0.243 e. The molecule has 0 saturated heterocycles. The van der Waals surface area contributed by atoms with E-state index in [0.717, 1.165) is 0 Å². The summed E-state index contributed by atoms with van der Waals surface area (Å²) in [5.74, 6) is -0.665. The molecule has 0 rings (SSSR count). The molecule has 0 atom stereocenters. The fourth-order valence-corrected chi connectivity index (χ4v) is 0. The first-order valence-corrected chi connectivity index (χ1v) is 3.12. The van der Waals surface area contributed by atoms with Crippen LogP contribution in [0.4, 0.5) is 0 Å². The standard InChI is InChI=1S/C4H7NO.C2H4ClNO/c1-3(2)4(5)6;1-2(5)4-3/h1H2,2H3,(H2,5,6);1H3,(H,4,5). The van der Waals surface area contributed by atoms with Crippen LogP contribution in [0.3, 0.4) is 0 Å². The summed E-state index contributed by atoms with van der Waals surface area (Å²) in [6, 6.07) is 0. The Kier molecular flexibility index (Phi) is 8.13. The van der Waals surface area contributed by atoms with Crippen LogP contribution in [0.15, 0.2) is 12.2 Å². The number of hydrogen-bond donors (Lipinski definition) is 2. The van der Waals surface area contributed by atoms with Crippen molar-refractivity contribution in [2.45, 2.75) is 13.8 Å². The highest BCUT2D eigenvalue weighted by Gasteiger charge is 1.86. The van der Waals surface area contributed by atoms with Crippen LogP contribution in [0.25, 0.3) is 0 Å². The van der Waals surface area contributed by atoms with Crippen LogP contribution in [-0.2, 0) is 9.59 Å². The molecular weight excluding hydrogens is 168 g/mol. The van der Waals surface area contributed by atoms with E-state index in [-0.39, 0.29) is 5.91 Å². The summed E-state index contributed by atoms with van der Waals surface area (Å²) in [6.07, 6.45) is 0. The van der Waals surface area contributed by atoms with Gasteiger partial charge in [0.05, 0.1) is 0 Å². The minimum Gasteiger partial charge on any atom is -0.366 e. The third-order valence-electron chi connectivity index (χ3n) is 0.554. The maximum absolute atomic E-state index is 9.82. The Morgan fingerprint density at radius 2 is 1.64 bits per heavy atom. The molecule has 0 aliphatic carbocycles. The zero-order valence-corrected chi connectivity index (χ0v) is 7.23. The van der Waals surface area contributed by atoms with E-state index in [0.29, 0.717) is 5.57 Å². The van der Waals surface area contributed by atoms with Gasteiger partial charge in [0.2, 0.25) is 11.8 Å². The monoisotopic (exact) mass is 178 g/mol. The summed E-state index contributed by atoms with van der Waals surface area (Å²) in [5, 5.41) is 0. The molecule has 5 heteroatoms. The Hall–Kier alpha value is -1.03. The molecule has 0 fully saturated rings. The van der Waals surface area contributed by atoms with E-state index >= 15 is 0 Å². The second-order valence-corrected chi connectivity index (χ2v) is 1.98. The number of rotatable bonds is 1. The summed E-state index contributed by atoms with van der Waals surface area (Å²) in [7, 11) is 0. The van der Waals surface area contributed by atoms with Crippen molar-refractivity contribution < 1.29 is 9.59 Å². The van der Waals surface area contributed by atoms with Gasteiger partial charge in [-0.05, 0) is 6.92 Å². The van der Waals surface area contributed by atoms with Crippen molar-refractivity contribution in [1.29, 1.82) is 0 Å². The minimum atomic E-state index is -0.435. The van der Waals surface area contributed by atoms with Gasteiger partial charge >= 0.3 is 0 Å². The van der Waals surface area contributed by atoms with Crippen molar-refractivity contribution in [1.82, 2.24) is 4.84 Å². The second kappa shape index (κ2) is 7.08. The van der Waals surface area contributed by atoms with Crippen LogP contribution in [0, 0.1) is 0 Å². The largest absolute Gasteiger partial charge is 0.366 e. The highest BCUT2D eigenvalue weighted by atomic mass is 35.5. The molecule has 0 heterocycles. The molecule has 0 aliphatic rings. The molecule has 0 saturated carbocycles. The molecule has 4 nitrogen and oxygen atoms in total. The first-order valence-electron chi connectivity index (χ1n) is 2.74. The van der Waals surface area contributed by atoms with Crippen LogP contribution >= 0.6 is 11.8 Å². The average Bonchev–Trinajstić information content (AvgIpc) is 1.89. The van der Waals surface area contributed by atoms with Gasteiger partial charge in [-0.15, -0.1) is 0 Å². The lowest BCUT2D eigenvalue weighted by molar-refractivity contribution is -0.117. The molecule has 3 N–H and O–H groups in total. The molecule has 0 spiro atoms. The van der Waals surface area contributed by atoms with Gasteiger partial charge < -0.3 is 5.73 Å². The topological polar surface area (TPSA) is 72.2 Å². The van der Waals surface area contributed by atoms with Gasteiger partial charge in [0, 0.05) is 24.3 Å². The lowest BCUT2D eigenvalue weighted by Crippen LogP contribution is -2.10. The summed E-state index contributed by atoms with van der Waals surface area (Å²) >= 11 is 4.74. The van der Waals surface area contributed by atoms with E-state index in [4.69, 9.17) is 17.5 Å². The molecule has 11 heavy (non-hydrogen) atoms. The molecule has 64 valence electrons. The lowest BCUT2D eigenvalue weighted by Gasteiger charge is -1.81. The number of carbonyl (C=O) groups excluding carboxylic acids is 2. The van der Waals surface area contributed by atoms with Crippen LogP contribution in [0.2, 0.25) is 0 Å². The SMILES string of the molecule is C=C(C)C(N)=O.CC(=O)NCl. The normalized spacial score (nSPS) is 7.18. The zero-order valence-electron chi connectivity index (χ0n) is 6.48. The number of hydrogen-bond acceptors (Lipinski definition) is 2. The quantitative estimate of drug-likeness (QED) is 0.449. The van der Waals surface area contributed by atoms with Crippen molar-refractivity contribution in [3.05, 3.63) is 12.2 Å². The van der Waals surface area contributed by atoms with Crippen LogP contribution in [0.1, 0.15) is 13.8 Å². The highest BCUT2D eigenvalue weighted by Crippen LogP contribution is 1.78. The molecule has 0 unspecified atom stereocenters. The first-order chi connectivity index (χ1) is 4.91. The Morgan fingerprint density at radius 1 is 1.45 bits per heavy atom. The van der Waals surface area contributed by atoms with Crippen molar-refractivity contribution in [3.63, 3.8) is 0 Å². The van der Waals surface area contributed by atoms with Gasteiger partial charge in [-0.1, -0.05) is 6.58 Å². The average molecular weight is 179 g/mol. The lowest BCUT2D eigenvalue weighted by atomic mass is 10.3. The number of halogens is 1. The number of nitrogens with two attached hydrogens (primary N) is 1. The maximum atomic E-state index is 9.82. The van der Waals surface area contributed by atoms with Gasteiger partial charge in [-0.3, -0.25) is 14.4 Å². The van der Waals surface area contributed by atoms with Gasteiger partial charge in [0.1, 0.15) is 0 Å². The predicted octanol–water partition coefficient (Wildman–Crippen LogP) is 0.324. The summed E-state index contributed by atoms with van der Waals surface area (Å²) in [4.78, 5) is 21.3. The summed E-state index contributed by atoms with van der Waals surface area (Å²) in [5.41, 5.74) is 5.09. The third-order valence-corrected chi connectivity index (χ3v) is 0.820. The Balaban J connectivity index is 0. The minimum absolute atomic E-state index is 0.230. The maximum Gasteiger partial charge on any atom is 0.243 e. The van der Waals surface area contributed by atoms with Gasteiger partial charge in [-0.2, -0.15) is 0 Å². The van der Waals surface area contributed by atoms with E-state index in [1.54, 1.807) is 6.92 Å². The van der Waals surface area contributed by atoms with Crippen molar-refractivity contribution in [2.24, 2.45) is 5.73 Å².